The molecule has 0 radical (unpaired) electrons. The van der Waals surface area contributed by atoms with Crippen molar-refractivity contribution in [3.05, 3.63) is 42.5 Å². The van der Waals surface area contributed by atoms with Gasteiger partial charge in [-0.1, -0.05) is 6.07 Å². The fourth-order valence-electron chi connectivity index (χ4n) is 1.61. The third kappa shape index (κ3) is 4.02. The van der Waals surface area contributed by atoms with Gasteiger partial charge in [0.05, 0.1) is 7.11 Å². The molecule has 2 aromatic rings. The van der Waals surface area contributed by atoms with Crippen LogP contribution >= 0.6 is 0 Å². The lowest BCUT2D eigenvalue weighted by molar-refractivity contribution is 0.252. The molecule has 0 atom stereocenters. The maximum absolute atomic E-state index is 11.6. The molecule has 100 valence electrons. The summed E-state index contributed by atoms with van der Waals surface area (Å²) in [6, 6.07) is 6.94. The zero-order valence-corrected chi connectivity index (χ0v) is 10.6. The maximum Gasteiger partial charge on any atom is 0.319 e. The zero-order valence-electron chi connectivity index (χ0n) is 10.6. The topological polar surface area (TPSA) is 79.0 Å². The molecular weight excluding hydrogens is 244 g/mol. The Morgan fingerprint density at radius 1 is 1.47 bits per heavy atom. The summed E-state index contributed by atoms with van der Waals surface area (Å²) in [6.45, 7) is 0.517. The predicted molar refractivity (Wildman–Crippen MR) is 72.3 cm³/mol. The minimum Gasteiger partial charge on any atom is -0.497 e. The van der Waals surface area contributed by atoms with E-state index in [0.29, 0.717) is 24.4 Å². The monoisotopic (exact) mass is 260 g/mol. The number of amides is 2. The van der Waals surface area contributed by atoms with E-state index in [9.17, 15) is 4.79 Å². The van der Waals surface area contributed by atoms with E-state index < -0.39 is 0 Å². The van der Waals surface area contributed by atoms with Gasteiger partial charge < -0.3 is 20.4 Å². The van der Waals surface area contributed by atoms with E-state index in [0.717, 1.165) is 5.82 Å². The van der Waals surface area contributed by atoms with E-state index >= 15 is 0 Å². The van der Waals surface area contributed by atoms with Gasteiger partial charge >= 0.3 is 6.03 Å². The number of imidazole rings is 1. The molecule has 0 saturated heterocycles. The lowest BCUT2D eigenvalue weighted by Gasteiger charge is -2.08. The van der Waals surface area contributed by atoms with Crippen LogP contribution in [0.5, 0.6) is 5.75 Å². The Morgan fingerprint density at radius 3 is 3.11 bits per heavy atom. The Hall–Kier alpha value is -2.50. The molecule has 6 heteroatoms. The molecule has 2 rings (SSSR count). The van der Waals surface area contributed by atoms with Crippen molar-refractivity contribution < 1.29 is 9.53 Å². The lowest BCUT2D eigenvalue weighted by atomic mass is 10.3. The van der Waals surface area contributed by atoms with E-state index in [4.69, 9.17) is 4.74 Å². The number of aromatic nitrogens is 2. The third-order valence-electron chi connectivity index (χ3n) is 2.53. The highest BCUT2D eigenvalue weighted by Gasteiger charge is 2.02. The first kappa shape index (κ1) is 12.9. The van der Waals surface area contributed by atoms with E-state index in [1.807, 2.05) is 12.1 Å². The second kappa shape index (κ2) is 6.44. The van der Waals surface area contributed by atoms with Crippen LogP contribution in [0.1, 0.15) is 5.82 Å². The number of carbonyl (C=O) groups is 1. The second-order valence-electron chi connectivity index (χ2n) is 3.90. The Bertz CT molecular complexity index is 525. The minimum absolute atomic E-state index is 0.250. The molecule has 0 aliphatic carbocycles. The smallest absolute Gasteiger partial charge is 0.319 e. The van der Waals surface area contributed by atoms with Gasteiger partial charge in [0.15, 0.2) is 0 Å². The Labute approximate surface area is 111 Å². The summed E-state index contributed by atoms with van der Waals surface area (Å²) in [6.07, 6.45) is 4.11. The van der Waals surface area contributed by atoms with Crippen LogP contribution in [0, 0.1) is 0 Å². The highest BCUT2D eigenvalue weighted by atomic mass is 16.5. The number of urea groups is 1. The quantitative estimate of drug-likeness (QED) is 0.766. The fraction of sp³-hybridized carbons (Fsp3) is 0.231. The number of ether oxygens (including phenoxy) is 1. The van der Waals surface area contributed by atoms with Crippen LogP contribution in [-0.2, 0) is 6.42 Å². The van der Waals surface area contributed by atoms with E-state index in [1.165, 1.54) is 0 Å². The molecule has 0 bridgehead atoms. The molecule has 19 heavy (non-hydrogen) atoms. The minimum atomic E-state index is -0.250. The number of H-pyrrole nitrogens is 1. The summed E-state index contributed by atoms with van der Waals surface area (Å²) in [5, 5.41) is 5.49. The van der Waals surface area contributed by atoms with E-state index in [-0.39, 0.29) is 6.03 Å². The molecule has 0 aliphatic heterocycles. The summed E-state index contributed by atoms with van der Waals surface area (Å²) in [5.41, 5.74) is 0.690. The molecule has 3 N–H and O–H groups in total. The number of nitrogens with zero attached hydrogens (tertiary/aromatic N) is 1. The molecule has 2 amide bonds. The van der Waals surface area contributed by atoms with Gasteiger partial charge in [-0.2, -0.15) is 0 Å². The molecule has 1 aromatic heterocycles. The first-order valence-electron chi connectivity index (χ1n) is 5.95. The molecular formula is C13H16N4O2. The Morgan fingerprint density at radius 2 is 2.37 bits per heavy atom. The van der Waals surface area contributed by atoms with Crippen molar-refractivity contribution in [2.24, 2.45) is 0 Å². The van der Waals surface area contributed by atoms with Gasteiger partial charge in [-0.25, -0.2) is 9.78 Å². The summed E-state index contributed by atoms with van der Waals surface area (Å²) in [5.74, 6) is 1.55. The number of aromatic amines is 1. The molecule has 0 spiro atoms. The first-order chi connectivity index (χ1) is 9.28. The molecule has 1 aromatic carbocycles. The molecule has 0 fully saturated rings. The number of hydrogen-bond donors (Lipinski definition) is 3. The van der Waals surface area contributed by atoms with Crippen molar-refractivity contribution in [1.29, 1.82) is 0 Å². The van der Waals surface area contributed by atoms with Crippen LogP contribution in [-0.4, -0.2) is 29.7 Å². The van der Waals surface area contributed by atoms with Crippen molar-refractivity contribution in [2.75, 3.05) is 19.0 Å². The number of benzene rings is 1. The Balaban J connectivity index is 1.77. The van der Waals surface area contributed by atoms with Gasteiger partial charge in [-0.3, -0.25) is 0 Å². The zero-order chi connectivity index (χ0) is 13.5. The van der Waals surface area contributed by atoms with Gasteiger partial charge in [0, 0.05) is 37.1 Å². The molecule has 0 saturated carbocycles. The lowest BCUT2D eigenvalue weighted by Crippen LogP contribution is -2.30. The standard InChI is InChI=1S/C13H16N4O2/c1-19-11-4-2-3-10(9-11)17-13(18)16-6-5-12-14-7-8-15-12/h2-4,7-9H,5-6H2,1H3,(H,14,15)(H2,16,17,18). The van der Waals surface area contributed by atoms with Crippen LogP contribution in [0.3, 0.4) is 0 Å². The molecule has 0 aliphatic rings. The summed E-state index contributed by atoms with van der Waals surface area (Å²) in [7, 11) is 1.59. The van der Waals surface area contributed by atoms with Gasteiger partial charge in [-0.15, -0.1) is 0 Å². The number of carbonyl (C=O) groups excluding carboxylic acids is 1. The van der Waals surface area contributed by atoms with Crippen LogP contribution in [0.2, 0.25) is 0 Å². The highest BCUT2D eigenvalue weighted by molar-refractivity contribution is 5.89. The predicted octanol–water partition coefficient (Wildman–Crippen LogP) is 1.78. The summed E-state index contributed by atoms with van der Waals surface area (Å²) in [4.78, 5) is 18.7. The van der Waals surface area contributed by atoms with Crippen LogP contribution in [0.15, 0.2) is 36.7 Å². The van der Waals surface area contributed by atoms with Crippen molar-refractivity contribution in [1.82, 2.24) is 15.3 Å². The van der Waals surface area contributed by atoms with Gasteiger partial charge in [0.2, 0.25) is 0 Å². The largest absolute Gasteiger partial charge is 0.497 e. The Kier molecular flexibility index (Phi) is 4.39. The van der Waals surface area contributed by atoms with Crippen molar-refractivity contribution in [3.63, 3.8) is 0 Å². The highest BCUT2D eigenvalue weighted by Crippen LogP contribution is 2.16. The van der Waals surface area contributed by atoms with Gasteiger partial charge in [-0.05, 0) is 12.1 Å². The van der Waals surface area contributed by atoms with Crippen LogP contribution in [0.4, 0.5) is 10.5 Å². The first-order valence-corrected chi connectivity index (χ1v) is 5.95. The third-order valence-corrected chi connectivity index (χ3v) is 2.53. The van der Waals surface area contributed by atoms with Gasteiger partial charge in [0.1, 0.15) is 11.6 Å². The molecule has 0 unspecified atom stereocenters. The van der Waals surface area contributed by atoms with E-state index in [1.54, 1.807) is 31.6 Å². The van der Waals surface area contributed by atoms with Crippen molar-refractivity contribution in [3.8, 4) is 5.75 Å². The molecule has 6 nitrogen and oxygen atoms in total. The number of rotatable bonds is 5. The SMILES string of the molecule is COc1cccc(NC(=O)NCCc2ncc[nH]2)c1. The number of methoxy groups -OCH3 is 1. The maximum atomic E-state index is 11.6. The van der Waals surface area contributed by atoms with Gasteiger partial charge in [0.25, 0.3) is 0 Å². The summed E-state index contributed by atoms with van der Waals surface area (Å²) >= 11 is 0. The molecule has 1 heterocycles. The van der Waals surface area contributed by atoms with Crippen molar-refractivity contribution >= 4 is 11.7 Å². The van der Waals surface area contributed by atoms with Crippen molar-refractivity contribution in [2.45, 2.75) is 6.42 Å². The van der Waals surface area contributed by atoms with Crippen LogP contribution < -0.4 is 15.4 Å². The second-order valence-corrected chi connectivity index (χ2v) is 3.90. The number of hydrogen-bond acceptors (Lipinski definition) is 3. The number of anilines is 1. The fourth-order valence-corrected chi connectivity index (χ4v) is 1.61. The average Bonchev–Trinajstić information content (AvgIpc) is 2.92. The normalized spacial score (nSPS) is 9.95. The summed E-state index contributed by atoms with van der Waals surface area (Å²) < 4.78 is 5.08. The number of nitrogens with one attached hydrogen (secondary N) is 3. The van der Waals surface area contributed by atoms with Crippen LogP contribution in [0.25, 0.3) is 0 Å². The van der Waals surface area contributed by atoms with E-state index in [2.05, 4.69) is 20.6 Å². The average molecular weight is 260 g/mol.